The van der Waals surface area contributed by atoms with Crippen LogP contribution in [-0.4, -0.2) is 24.7 Å². The Labute approximate surface area is 157 Å². The minimum absolute atomic E-state index is 0.197. The molecule has 0 aliphatic carbocycles. The zero-order chi connectivity index (χ0) is 17.8. The number of thioether (sulfide) groups is 1. The smallest absolute Gasteiger partial charge is 0.123 e. The Morgan fingerprint density at radius 3 is 2.24 bits per heavy atom. The number of thiophene rings is 1. The Morgan fingerprint density at radius 1 is 1.00 bits per heavy atom. The molecule has 0 N–H and O–H groups in total. The van der Waals surface area contributed by atoms with Crippen molar-refractivity contribution in [3.05, 3.63) is 65.3 Å². The first kappa shape index (κ1) is 18.2. The molecule has 1 aromatic heterocycles. The molecule has 0 spiro atoms. The maximum absolute atomic E-state index is 13.3. The van der Waals surface area contributed by atoms with Crippen molar-refractivity contribution >= 4 is 23.1 Å². The van der Waals surface area contributed by atoms with Gasteiger partial charge in [0.1, 0.15) is 5.82 Å². The van der Waals surface area contributed by atoms with Crippen molar-refractivity contribution in [1.82, 2.24) is 4.90 Å². The first-order valence-corrected chi connectivity index (χ1v) is 10.4. The lowest BCUT2D eigenvalue weighted by Crippen LogP contribution is -2.15. The quantitative estimate of drug-likeness (QED) is 0.462. The van der Waals surface area contributed by atoms with Crippen LogP contribution in [0, 0.1) is 5.82 Å². The molecule has 0 amide bonds. The topological polar surface area (TPSA) is 3.24 Å². The van der Waals surface area contributed by atoms with E-state index in [2.05, 4.69) is 55.5 Å². The van der Waals surface area contributed by atoms with Gasteiger partial charge in [-0.2, -0.15) is 0 Å². The summed E-state index contributed by atoms with van der Waals surface area (Å²) in [6.07, 6.45) is 2.09. The lowest BCUT2D eigenvalue weighted by Gasteiger charge is -2.11. The van der Waals surface area contributed by atoms with Crippen LogP contribution in [0.5, 0.6) is 0 Å². The van der Waals surface area contributed by atoms with Crippen molar-refractivity contribution in [1.29, 1.82) is 0 Å². The molecule has 1 heterocycles. The van der Waals surface area contributed by atoms with Crippen LogP contribution in [0.25, 0.3) is 21.6 Å². The number of benzene rings is 2. The second kappa shape index (κ2) is 8.17. The summed E-state index contributed by atoms with van der Waals surface area (Å²) in [6.45, 7) is 4.11. The molecule has 0 radical (unpaired) electrons. The third-order valence-electron chi connectivity index (χ3n) is 4.26. The molecule has 0 unspecified atom stereocenters. The number of hydrogen-bond donors (Lipinski definition) is 0. The van der Waals surface area contributed by atoms with Gasteiger partial charge in [0.2, 0.25) is 0 Å². The molecule has 2 aromatic carbocycles. The van der Waals surface area contributed by atoms with Gasteiger partial charge in [-0.1, -0.05) is 31.2 Å². The Hall–Kier alpha value is -1.62. The monoisotopic (exact) mass is 371 g/mol. The van der Waals surface area contributed by atoms with Crippen LogP contribution in [0.1, 0.15) is 11.8 Å². The lowest BCUT2D eigenvalue weighted by atomic mass is 10.0. The third kappa shape index (κ3) is 4.32. The second-order valence-electron chi connectivity index (χ2n) is 6.02. The van der Waals surface area contributed by atoms with Gasteiger partial charge < -0.3 is 4.90 Å². The normalized spacial score (nSPS) is 11.2. The zero-order valence-corrected chi connectivity index (χ0v) is 16.4. The average molecular weight is 372 g/mol. The molecule has 0 aliphatic heterocycles. The van der Waals surface area contributed by atoms with Gasteiger partial charge in [0.05, 0.1) is 0 Å². The van der Waals surface area contributed by atoms with Crippen LogP contribution in [0.4, 0.5) is 4.39 Å². The van der Waals surface area contributed by atoms with Crippen LogP contribution in [0.3, 0.4) is 0 Å². The highest BCUT2D eigenvalue weighted by molar-refractivity contribution is 7.98. The number of halogens is 1. The van der Waals surface area contributed by atoms with Crippen LogP contribution >= 0.6 is 23.1 Å². The van der Waals surface area contributed by atoms with Gasteiger partial charge in [-0.3, -0.25) is 0 Å². The van der Waals surface area contributed by atoms with E-state index in [-0.39, 0.29) is 5.82 Å². The van der Waals surface area contributed by atoms with E-state index in [0.29, 0.717) is 0 Å². The Bertz CT molecular complexity index is 822. The number of hydrogen-bond acceptors (Lipinski definition) is 3. The Kier molecular flexibility index (Phi) is 5.94. The van der Waals surface area contributed by atoms with E-state index in [1.165, 1.54) is 37.9 Å². The predicted molar refractivity (Wildman–Crippen MR) is 109 cm³/mol. The summed E-state index contributed by atoms with van der Waals surface area (Å²) in [6, 6.07) is 17.8. The molecule has 25 heavy (non-hydrogen) atoms. The highest BCUT2D eigenvalue weighted by Gasteiger charge is 2.14. The Balaban J connectivity index is 2.05. The molecule has 0 saturated carbocycles. The van der Waals surface area contributed by atoms with Gasteiger partial charge >= 0.3 is 0 Å². The molecule has 3 rings (SSSR count). The zero-order valence-electron chi connectivity index (χ0n) is 14.8. The molecular weight excluding hydrogens is 349 g/mol. The number of rotatable bonds is 6. The molecule has 3 aromatic rings. The van der Waals surface area contributed by atoms with Gasteiger partial charge in [-0.15, -0.1) is 23.1 Å². The van der Waals surface area contributed by atoms with E-state index >= 15 is 0 Å². The SMILES string of the molecule is CCN(C)Cc1cc(-c2ccc(SC)cc2)c(-c2ccc(F)cc2)s1. The highest BCUT2D eigenvalue weighted by atomic mass is 32.2. The lowest BCUT2D eigenvalue weighted by molar-refractivity contribution is 0.349. The predicted octanol–water partition coefficient (Wildman–Crippen LogP) is 6.39. The van der Waals surface area contributed by atoms with Crippen LogP contribution in [-0.2, 0) is 6.54 Å². The van der Waals surface area contributed by atoms with Crippen molar-refractivity contribution in [2.45, 2.75) is 18.4 Å². The summed E-state index contributed by atoms with van der Waals surface area (Å²) in [5.41, 5.74) is 3.50. The largest absolute Gasteiger partial charge is 0.302 e. The fourth-order valence-electron chi connectivity index (χ4n) is 2.70. The molecule has 130 valence electrons. The van der Waals surface area contributed by atoms with E-state index in [1.54, 1.807) is 23.1 Å². The van der Waals surface area contributed by atoms with E-state index in [9.17, 15) is 4.39 Å². The summed E-state index contributed by atoms with van der Waals surface area (Å²) in [4.78, 5) is 6.08. The molecule has 0 saturated heterocycles. The fraction of sp³-hybridized carbons (Fsp3) is 0.238. The summed E-state index contributed by atoms with van der Waals surface area (Å²) < 4.78 is 13.3. The molecular formula is C21H22FNS2. The minimum Gasteiger partial charge on any atom is -0.302 e. The van der Waals surface area contributed by atoms with Crippen LogP contribution < -0.4 is 0 Å². The first-order valence-electron chi connectivity index (χ1n) is 8.32. The van der Waals surface area contributed by atoms with E-state index in [1.807, 2.05) is 12.1 Å². The molecule has 1 nitrogen and oxygen atoms in total. The van der Waals surface area contributed by atoms with E-state index in [0.717, 1.165) is 18.7 Å². The summed E-state index contributed by atoms with van der Waals surface area (Å²) in [7, 11) is 2.13. The van der Waals surface area contributed by atoms with Crippen molar-refractivity contribution in [3.8, 4) is 21.6 Å². The molecule has 0 bridgehead atoms. The number of nitrogens with zero attached hydrogens (tertiary/aromatic N) is 1. The molecule has 0 aliphatic rings. The fourth-order valence-corrected chi connectivity index (χ4v) is 4.37. The van der Waals surface area contributed by atoms with Crippen molar-refractivity contribution < 1.29 is 4.39 Å². The summed E-state index contributed by atoms with van der Waals surface area (Å²) >= 11 is 3.54. The maximum Gasteiger partial charge on any atom is 0.123 e. The Morgan fingerprint density at radius 2 is 1.64 bits per heavy atom. The molecule has 0 atom stereocenters. The third-order valence-corrected chi connectivity index (χ3v) is 6.17. The van der Waals surface area contributed by atoms with E-state index < -0.39 is 0 Å². The van der Waals surface area contributed by atoms with Gasteiger partial charge in [0, 0.05) is 26.8 Å². The van der Waals surface area contributed by atoms with E-state index in [4.69, 9.17) is 0 Å². The van der Waals surface area contributed by atoms with Gasteiger partial charge in [-0.05, 0) is 61.3 Å². The summed E-state index contributed by atoms with van der Waals surface area (Å²) in [5, 5.41) is 0. The molecule has 0 fully saturated rings. The highest BCUT2D eigenvalue weighted by Crippen LogP contribution is 2.40. The second-order valence-corrected chi connectivity index (χ2v) is 8.04. The first-order chi connectivity index (χ1) is 12.1. The maximum atomic E-state index is 13.3. The van der Waals surface area contributed by atoms with Gasteiger partial charge in [0.15, 0.2) is 0 Å². The summed E-state index contributed by atoms with van der Waals surface area (Å²) in [5.74, 6) is -0.197. The van der Waals surface area contributed by atoms with Gasteiger partial charge in [0.25, 0.3) is 0 Å². The van der Waals surface area contributed by atoms with Crippen LogP contribution in [0.15, 0.2) is 59.5 Å². The van der Waals surface area contributed by atoms with Crippen LogP contribution in [0.2, 0.25) is 0 Å². The average Bonchev–Trinajstić information content (AvgIpc) is 3.06. The van der Waals surface area contributed by atoms with Crippen molar-refractivity contribution in [2.24, 2.45) is 0 Å². The standard InChI is InChI=1S/C21H22FNS2/c1-4-23(2)14-19-13-20(15-7-11-18(24-3)12-8-15)21(25-19)16-5-9-17(22)10-6-16/h5-13H,4,14H2,1-3H3. The minimum atomic E-state index is -0.197. The van der Waals surface area contributed by atoms with Crippen molar-refractivity contribution in [2.75, 3.05) is 19.8 Å². The van der Waals surface area contributed by atoms with Gasteiger partial charge in [-0.25, -0.2) is 4.39 Å². The molecule has 4 heteroatoms. The van der Waals surface area contributed by atoms with Crippen molar-refractivity contribution in [3.63, 3.8) is 0 Å².